The normalized spacial score (nSPS) is 11.2. The van der Waals surface area contributed by atoms with Crippen molar-refractivity contribution in [1.29, 1.82) is 0 Å². The lowest BCUT2D eigenvalue weighted by atomic mass is 10.2. The summed E-state index contributed by atoms with van der Waals surface area (Å²) in [5.74, 6) is -0.464. The second kappa shape index (κ2) is 10.6. The largest absolute Gasteiger partial charge is 0.458 e. The zero-order valence-corrected chi connectivity index (χ0v) is 12.8. The molecule has 20 heavy (non-hydrogen) atoms. The summed E-state index contributed by atoms with van der Waals surface area (Å²) in [6, 6.07) is 0. The van der Waals surface area contributed by atoms with Crippen LogP contribution in [0.5, 0.6) is 0 Å². The van der Waals surface area contributed by atoms with E-state index in [0.717, 1.165) is 0 Å². The highest BCUT2D eigenvalue weighted by Crippen LogP contribution is 2.06. The first-order valence-corrected chi connectivity index (χ1v) is 6.64. The molecule has 0 aromatic carbocycles. The minimum absolute atomic E-state index is 0.0720. The summed E-state index contributed by atoms with van der Waals surface area (Å²) < 4.78 is 15.4. The summed E-state index contributed by atoms with van der Waals surface area (Å²) in [7, 11) is 1.71. The number of carbonyl (C=O) groups excluding carboxylic acids is 2. The highest BCUT2D eigenvalue weighted by molar-refractivity contribution is 5.77. The molecule has 0 bridgehead atoms. The van der Waals surface area contributed by atoms with Crippen molar-refractivity contribution in [2.24, 2.45) is 0 Å². The van der Waals surface area contributed by atoms with Crippen molar-refractivity contribution in [3.05, 3.63) is 0 Å². The summed E-state index contributed by atoms with van der Waals surface area (Å²) in [6.07, 6.45) is 0. The monoisotopic (exact) mass is 290 g/mol. The number of likely N-dealkylation sites (N-methyl/N-ethyl adjacent to an activating group) is 1. The minimum atomic E-state index is -0.498. The van der Waals surface area contributed by atoms with Gasteiger partial charge >= 0.3 is 5.97 Å². The number of hydrogen-bond acceptors (Lipinski definition) is 6. The lowest BCUT2D eigenvalue weighted by Crippen LogP contribution is -2.34. The number of hydrogen-bond donors (Lipinski definition) is 2. The van der Waals surface area contributed by atoms with E-state index >= 15 is 0 Å². The zero-order valence-electron chi connectivity index (χ0n) is 12.8. The van der Waals surface area contributed by atoms with Gasteiger partial charge in [0.15, 0.2) is 0 Å². The SMILES string of the molecule is CNCC(=O)NCCOCCOCC(=O)OC(C)(C)C. The molecule has 0 fully saturated rings. The topological polar surface area (TPSA) is 85.9 Å². The third-order valence-electron chi connectivity index (χ3n) is 1.92. The van der Waals surface area contributed by atoms with E-state index in [1.54, 1.807) is 27.8 Å². The van der Waals surface area contributed by atoms with Gasteiger partial charge in [0, 0.05) is 6.54 Å². The molecule has 2 N–H and O–H groups in total. The molecule has 0 aliphatic rings. The molecule has 0 atom stereocenters. The van der Waals surface area contributed by atoms with Gasteiger partial charge in [0.05, 0.1) is 26.4 Å². The van der Waals surface area contributed by atoms with E-state index in [-0.39, 0.29) is 12.5 Å². The average molecular weight is 290 g/mol. The second-order valence-corrected chi connectivity index (χ2v) is 5.13. The molecular formula is C13H26N2O5. The van der Waals surface area contributed by atoms with Crippen LogP contribution < -0.4 is 10.6 Å². The van der Waals surface area contributed by atoms with Crippen molar-refractivity contribution in [2.75, 3.05) is 46.6 Å². The average Bonchev–Trinajstić information content (AvgIpc) is 2.30. The molecule has 7 heteroatoms. The van der Waals surface area contributed by atoms with Crippen LogP contribution in [-0.4, -0.2) is 64.0 Å². The van der Waals surface area contributed by atoms with Crippen LogP contribution in [-0.2, 0) is 23.8 Å². The van der Waals surface area contributed by atoms with E-state index < -0.39 is 11.6 Å². The fraction of sp³-hybridized carbons (Fsp3) is 0.846. The molecule has 0 aromatic rings. The van der Waals surface area contributed by atoms with Gasteiger partial charge in [0.25, 0.3) is 0 Å². The fourth-order valence-corrected chi connectivity index (χ4v) is 1.23. The lowest BCUT2D eigenvalue weighted by Gasteiger charge is -2.19. The van der Waals surface area contributed by atoms with E-state index in [0.29, 0.717) is 32.9 Å². The number of rotatable bonds is 10. The Morgan fingerprint density at radius 1 is 1.05 bits per heavy atom. The molecule has 0 radical (unpaired) electrons. The molecule has 0 unspecified atom stereocenters. The van der Waals surface area contributed by atoms with Crippen LogP contribution in [0.1, 0.15) is 20.8 Å². The number of amides is 1. The standard InChI is InChI=1S/C13H26N2O5/c1-13(2,3)20-12(17)10-19-8-7-18-6-5-15-11(16)9-14-4/h14H,5-10H2,1-4H3,(H,15,16). The van der Waals surface area contributed by atoms with E-state index in [9.17, 15) is 9.59 Å². The van der Waals surface area contributed by atoms with Crippen molar-refractivity contribution in [2.45, 2.75) is 26.4 Å². The van der Waals surface area contributed by atoms with Gasteiger partial charge < -0.3 is 24.8 Å². The van der Waals surface area contributed by atoms with Gasteiger partial charge in [-0.1, -0.05) is 0 Å². The Morgan fingerprint density at radius 2 is 1.70 bits per heavy atom. The van der Waals surface area contributed by atoms with Gasteiger partial charge in [-0.05, 0) is 27.8 Å². The van der Waals surface area contributed by atoms with Crippen LogP contribution in [0.2, 0.25) is 0 Å². The molecule has 0 heterocycles. The molecule has 0 rings (SSSR count). The highest BCUT2D eigenvalue weighted by Gasteiger charge is 2.15. The molecule has 0 saturated heterocycles. The van der Waals surface area contributed by atoms with Gasteiger partial charge in [-0.3, -0.25) is 4.79 Å². The molecule has 7 nitrogen and oxygen atoms in total. The highest BCUT2D eigenvalue weighted by atomic mass is 16.6. The first-order chi connectivity index (χ1) is 9.35. The lowest BCUT2D eigenvalue weighted by molar-refractivity contribution is -0.160. The third-order valence-corrected chi connectivity index (χ3v) is 1.92. The van der Waals surface area contributed by atoms with Crippen LogP contribution in [0.15, 0.2) is 0 Å². The van der Waals surface area contributed by atoms with Crippen molar-refractivity contribution in [3.63, 3.8) is 0 Å². The summed E-state index contributed by atoms with van der Waals surface area (Å²) in [6.45, 7) is 7.15. The maximum absolute atomic E-state index is 11.3. The van der Waals surface area contributed by atoms with Gasteiger partial charge in [0.2, 0.25) is 5.91 Å². The second-order valence-electron chi connectivity index (χ2n) is 5.13. The number of nitrogens with one attached hydrogen (secondary N) is 2. The van der Waals surface area contributed by atoms with Gasteiger partial charge in [-0.2, -0.15) is 0 Å². The Labute approximate surface area is 120 Å². The summed E-state index contributed by atoms with van der Waals surface area (Å²) in [5, 5.41) is 5.42. The Bertz CT molecular complexity index is 289. The first kappa shape index (κ1) is 18.8. The summed E-state index contributed by atoms with van der Waals surface area (Å²) in [4.78, 5) is 22.4. The van der Waals surface area contributed by atoms with E-state index in [1.165, 1.54) is 0 Å². The van der Waals surface area contributed by atoms with E-state index in [1.807, 2.05) is 0 Å². The van der Waals surface area contributed by atoms with Crippen LogP contribution in [0.4, 0.5) is 0 Å². The molecule has 0 spiro atoms. The predicted molar refractivity (Wildman–Crippen MR) is 74.4 cm³/mol. The van der Waals surface area contributed by atoms with E-state index in [4.69, 9.17) is 14.2 Å². The molecule has 118 valence electrons. The summed E-state index contributed by atoms with van der Waals surface area (Å²) in [5.41, 5.74) is -0.498. The van der Waals surface area contributed by atoms with Gasteiger partial charge in [0.1, 0.15) is 12.2 Å². The Morgan fingerprint density at radius 3 is 2.30 bits per heavy atom. The maximum Gasteiger partial charge on any atom is 0.332 e. The quantitative estimate of drug-likeness (QED) is 0.424. The molecular weight excluding hydrogens is 264 g/mol. The Kier molecular flexibility index (Phi) is 9.96. The van der Waals surface area contributed by atoms with Crippen LogP contribution >= 0.6 is 0 Å². The maximum atomic E-state index is 11.3. The van der Waals surface area contributed by atoms with Crippen LogP contribution in [0.3, 0.4) is 0 Å². The van der Waals surface area contributed by atoms with E-state index in [2.05, 4.69) is 10.6 Å². The summed E-state index contributed by atoms with van der Waals surface area (Å²) >= 11 is 0. The van der Waals surface area contributed by atoms with Crippen LogP contribution in [0.25, 0.3) is 0 Å². The van der Waals surface area contributed by atoms with Gasteiger partial charge in [-0.25, -0.2) is 4.79 Å². The molecule has 0 aromatic heterocycles. The zero-order chi connectivity index (χ0) is 15.4. The smallest absolute Gasteiger partial charge is 0.332 e. The number of ether oxygens (including phenoxy) is 3. The predicted octanol–water partition coefficient (Wildman–Crippen LogP) is -0.303. The Balaban J connectivity index is 3.33. The molecule has 0 aliphatic heterocycles. The minimum Gasteiger partial charge on any atom is -0.458 e. The van der Waals surface area contributed by atoms with Crippen LogP contribution in [0, 0.1) is 0 Å². The van der Waals surface area contributed by atoms with Gasteiger partial charge in [-0.15, -0.1) is 0 Å². The number of carbonyl (C=O) groups is 2. The van der Waals surface area contributed by atoms with Crippen molar-refractivity contribution >= 4 is 11.9 Å². The molecule has 0 aliphatic carbocycles. The number of esters is 1. The Hall–Kier alpha value is -1.18. The fourth-order valence-electron chi connectivity index (χ4n) is 1.23. The first-order valence-electron chi connectivity index (χ1n) is 6.64. The third kappa shape index (κ3) is 13.3. The molecule has 1 amide bonds. The van der Waals surface area contributed by atoms with Crippen molar-refractivity contribution in [1.82, 2.24) is 10.6 Å². The molecule has 0 saturated carbocycles. The van der Waals surface area contributed by atoms with Crippen molar-refractivity contribution < 1.29 is 23.8 Å². The van der Waals surface area contributed by atoms with Crippen molar-refractivity contribution in [3.8, 4) is 0 Å².